The third-order valence-electron chi connectivity index (χ3n) is 4.01. The predicted molar refractivity (Wildman–Crippen MR) is 83.0 cm³/mol. The van der Waals surface area contributed by atoms with Crippen LogP contribution in [0.25, 0.3) is 0 Å². The van der Waals surface area contributed by atoms with E-state index in [9.17, 15) is 10.1 Å². The van der Waals surface area contributed by atoms with Crippen LogP contribution in [0.5, 0.6) is 0 Å². The first kappa shape index (κ1) is 15.1. The first-order valence-corrected chi connectivity index (χ1v) is 7.65. The number of Topliss-reactive ketones (excluding diaryl/α,β-unsaturated/α-hetero) is 1. The van der Waals surface area contributed by atoms with Crippen LogP contribution in [0, 0.1) is 22.7 Å². The molecule has 22 heavy (non-hydrogen) atoms. The second-order valence-corrected chi connectivity index (χ2v) is 6.17. The molecule has 4 nitrogen and oxygen atoms in total. The van der Waals surface area contributed by atoms with E-state index in [4.69, 9.17) is 33.3 Å². The number of carbonyl (C=O) groups is 1. The highest BCUT2D eigenvalue weighted by Crippen LogP contribution is 2.45. The molecule has 2 atom stereocenters. The fourth-order valence-corrected chi connectivity index (χ4v) is 3.55. The molecule has 2 unspecified atom stereocenters. The molecular weight excluding hydrogens is 323 g/mol. The van der Waals surface area contributed by atoms with Gasteiger partial charge in [-0.2, -0.15) is 5.26 Å². The van der Waals surface area contributed by atoms with Crippen molar-refractivity contribution in [2.24, 2.45) is 5.92 Å². The fraction of sp³-hybridized carbons (Fsp3) is 0.312. The highest BCUT2D eigenvalue weighted by Gasteiger charge is 2.43. The number of hydrogen-bond donors (Lipinski definition) is 1. The summed E-state index contributed by atoms with van der Waals surface area (Å²) < 4.78 is 5.43. The highest BCUT2D eigenvalue weighted by molar-refractivity contribution is 6.35. The number of ketones is 1. The Bertz CT molecular complexity index is 749. The molecule has 1 aliphatic heterocycles. The lowest BCUT2D eigenvalue weighted by Crippen LogP contribution is -2.34. The number of nitrogens with zero attached hydrogens (tertiary/aromatic N) is 1. The van der Waals surface area contributed by atoms with E-state index >= 15 is 0 Å². The maximum absolute atomic E-state index is 12.4. The lowest BCUT2D eigenvalue weighted by molar-refractivity contribution is -0.116. The van der Waals surface area contributed by atoms with Gasteiger partial charge in [0.2, 0.25) is 5.90 Å². The van der Waals surface area contributed by atoms with Crippen molar-refractivity contribution in [2.75, 3.05) is 0 Å². The number of halogens is 2. The molecule has 6 heteroatoms. The zero-order chi connectivity index (χ0) is 15.9. The fourth-order valence-electron chi connectivity index (χ4n) is 3.02. The van der Waals surface area contributed by atoms with Crippen molar-refractivity contribution in [3.63, 3.8) is 0 Å². The molecule has 0 amide bonds. The molecule has 2 aliphatic rings. The number of nitriles is 1. The molecule has 1 heterocycles. The quantitative estimate of drug-likeness (QED) is 0.834. The summed E-state index contributed by atoms with van der Waals surface area (Å²) in [4.78, 5) is 12.4. The number of nitrogens with one attached hydrogen (secondary N) is 1. The lowest BCUT2D eigenvalue weighted by atomic mass is 9.74. The van der Waals surface area contributed by atoms with Gasteiger partial charge in [-0.05, 0) is 24.1 Å². The van der Waals surface area contributed by atoms with Crippen LogP contribution in [0.2, 0.25) is 10.0 Å². The standard InChI is InChI=1S/C16H12Cl2N2O2/c17-8-4-5-9(11(18)6-8)14-10(7-19)16(20)22-13-3-1-2-12(21)15(13)14/h4-6,10,14,20H,1-3H2. The summed E-state index contributed by atoms with van der Waals surface area (Å²) in [6.45, 7) is 0. The van der Waals surface area contributed by atoms with E-state index < -0.39 is 11.8 Å². The summed E-state index contributed by atoms with van der Waals surface area (Å²) in [5.74, 6) is -1.10. The van der Waals surface area contributed by atoms with E-state index in [1.807, 2.05) is 0 Å². The Kier molecular flexibility index (Phi) is 3.94. The second-order valence-electron chi connectivity index (χ2n) is 5.33. The van der Waals surface area contributed by atoms with E-state index in [2.05, 4.69) is 6.07 Å². The maximum atomic E-state index is 12.4. The van der Waals surface area contributed by atoms with E-state index in [1.54, 1.807) is 18.2 Å². The topological polar surface area (TPSA) is 73.9 Å². The third kappa shape index (κ3) is 2.41. The van der Waals surface area contributed by atoms with Gasteiger partial charge in [-0.25, -0.2) is 0 Å². The number of allylic oxidation sites excluding steroid dienone is 2. The Balaban J connectivity index is 2.21. The van der Waals surface area contributed by atoms with Gasteiger partial charge in [-0.15, -0.1) is 0 Å². The molecule has 1 aliphatic carbocycles. The predicted octanol–water partition coefficient (Wildman–Crippen LogP) is 4.23. The number of rotatable bonds is 1. The number of ether oxygens (including phenoxy) is 1. The molecule has 0 saturated heterocycles. The Labute approximate surface area is 137 Å². The van der Waals surface area contributed by atoms with Crippen molar-refractivity contribution < 1.29 is 9.53 Å². The third-order valence-corrected chi connectivity index (χ3v) is 4.57. The first-order valence-electron chi connectivity index (χ1n) is 6.90. The van der Waals surface area contributed by atoms with E-state index in [-0.39, 0.29) is 11.7 Å². The molecule has 1 aromatic carbocycles. The molecule has 0 radical (unpaired) electrons. The van der Waals surface area contributed by atoms with Crippen molar-refractivity contribution in [2.45, 2.75) is 25.2 Å². The summed E-state index contributed by atoms with van der Waals surface area (Å²) in [6.07, 6.45) is 1.72. The summed E-state index contributed by atoms with van der Waals surface area (Å²) in [7, 11) is 0. The normalized spacial score (nSPS) is 24.6. The summed E-state index contributed by atoms with van der Waals surface area (Å²) in [6, 6.07) is 7.04. The number of benzene rings is 1. The molecular formula is C16H12Cl2N2O2. The highest BCUT2D eigenvalue weighted by atomic mass is 35.5. The van der Waals surface area contributed by atoms with Crippen LogP contribution in [0.4, 0.5) is 0 Å². The Morgan fingerprint density at radius 3 is 2.77 bits per heavy atom. The lowest BCUT2D eigenvalue weighted by Gasteiger charge is -2.34. The number of hydrogen-bond acceptors (Lipinski definition) is 4. The molecule has 0 saturated carbocycles. The minimum Gasteiger partial charge on any atom is -0.446 e. The van der Waals surface area contributed by atoms with E-state index in [1.165, 1.54) is 0 Å². The maximum Gasteiger partial charge on any atom is 0.205 e. The summed E-state index contributed by atoms with van der Waals surface area (Å²) in [5, 5.41) is 18.3. The summed E-state index contributed by atoms with van der Waals surface area (Å²) in [5.41, 5.74) is 1.12. The Hall–Kier alpha value is -1.83. The molecule has 0 spiro atoms. The average Bonchev–Trinajstić information content (AvgIpc) is 2.46. The Morgan fingerprint density at radius 2 is 2.09 bits per heavy atom. The second kappa shape index (κ2) is 5.75. The van der Waals surface area contributed by atoms with Gasteiger partial charge in [0, 0.05) is 34.4 Å². The Morgan fingerprint density at radius 1 is 1.32 bits per heavy atom. The minimum atomic E-state index is -0.862. The van der Waals surface area contributed by atoms with Gasteiger partial charge in [0.25, 0.3) is 0 Å². The van der Waals surface area contributed by atoms with Gasteiger partial charge in [0.15, 0.2) is 5.78 Å². The molecule has 1 aromatic rings. The summed E-state index contributed by atoms with van der Waals surface area (Å²) >= 11 is 12.2. The van der Waals surface area contributed by atoms with Crippen LogP contribution in [0.3, 0.4) is 0 Å². The largest absolute Gasteiger partial charge is 0.446 e. The zero-order valence-corrected chi connectivity index (χ0v) is 13.0. The molecule has 0 aromatic heterocycles. The van der Waals surface area contributed by atoms with Crippen molar-refractivity contribution in [3.05, 3.63) is 45.1 Å². The van der Waals surface area contributed by atoms with Gasteiger partial charge in [0.05, 0.1) is 6.07 Å². The van der Waals surface area contributed by atoms with Gasteiger partial charge in [-0.1, -0.05) is 29.3 Å². The van der Waals surface area contributed by atoms with Gasteiger partial charge in [-0.3, -0.25) is 10.2 Å². The van der Waals surface area contributed by atoms with Gasteiger partial charge >= 0.3 is 0 Å². The molecule has 0 fully saturated rings. The van der Waals surface area contributed by atoms with Crippen molar-refractivity contribution in [1.29, 1.82) is 10.7 Å². The smallest absolute Gasteiger partial charge is 0.205 e. The molecule has 1 N–H and O–H groups in total. The molecule has 3 rings (SSSR count). The van der Waals surface area contributed by atoms with Crippen molar-refractivity contribution in [3.8, 4) is 6.07 Å². The van der Waals surface area contributed by atoms with Crippen LogP contribution >= 0.6 is 23.2 Å². The minimum absolute atomic E-state index is 0.0370. The molecule has 0 bridgehead atoms. The number of carbonyl (C=O) groups excluding carboxylic acids is 1. The first-order chi connectivity index (χ1) is 10.5. The van der Waals surface area contributed by atoms with Crippen LogP contribution < -0.4 is 0 Å². The van der Waals surface area contributed by atoms with Crippen LogP contribution in [-0.2, 0) is 9.53 Å². The van der Waals surface area contributed by atoms with Crippen LogP contribution in [-0.4, -0.2) is 11.7 Å². The van der Waals surface area contributed by atoms with Gasteiger partial charge in [0.1, 0.15) is 11.7 Å². The van der Waals surface area contributed by atoms with Crippen molar-refractivity contribution in [1.82, 2.24) is 0 Å². The van der Waals surface area contributed by atoms with E-state index in [0.29, 0.717) is 46.2 Å². The SMILES string of the molecule is N#CC1C(=N)OC2=C(C(=O)CCC2)C1c1ccc(Cl)cc1Cl. The van der Waals surface area contributed by atoms with Crippen LogP contribution in [0.1, 0.15) is 30.7 Å². The monoisotopic (exact) mass is 334 g/mol. The van der Waals surface area contributed by atoms with Crippen molar-refractivity contribution >= 4 is 34.9 Å². The average molecular weight is 335 g/mol. The van der Waals surface area contributed by atoms with Crippen LogP contribution in [0.15, 0.2) is 29.5 Å². The van der Waals surface area contributed by atoms with E-state index in [0.717, 1.165) is 0 Å². The molecule has 112 valence electrons. The van der Waals surface area contributed by atoms with Gasteiger partial charge < -0.3 is 4.74 Å². The zero-order valence-electron chi connectivity index (χ0n) is 11.5.